The molecule has 1 aliphatic rings. The van der Waals surface area contributed by atoms with Crippen molar-refractivity contribution in [3.05, 3.63) is 53.7 Å². The third kappa shape index (κ3) is 3.70. The summed E-state index contributed by atoms with van der Waals surface area (Å²) < 4.78 is 53.0. The van der Waals surface area contributed by atoms with E-state index in [1.54, 1.807) is 26.0 Å². The van der Waals surface area contributed by atoms with E-state index in [2.05, 4.69) is 4.98 Å². The fraction of sp³-hybridized carbons (Fsp3) is 0.263. The van der Waals surface area contributed by atoms with E-state index < -0.39 is 27.2 Å². The predicted octanol–water partition coefficient (Wildman–Crippen LogP) is 2.76. The SMILES string of the molecule is COc1ncc(OC2=C(c3ccc(S(C)(=O)=O)cc3)C(C)(C)OC2=O)cc1F. The van der Waals surface area contributed by atoms with Gasteiger partial charge < -0.3 is 14.2 Å². The molecule has 1 aromatic heterocycles. The molecule has 3 rings (SSSR count). The largest absolute Gasteiger partial charge is 0.479 e. The van der Waals surface area contributed by atoms with Crippen molar-refractivity contribution < 1.29 is 31.8 Å². The van der Waals surface area contributed by atoms with Gasteiger partial charge in [0.05, 0.1) is 23.8 Å². The minimum absolute atomic E-state index is 0.00629. The highest BCUT2D eigenvalue weighted by atomic mass is 32.2. The topological polar surface area (TPSA) is 91.8 Å². The van der Waals surface area contributed by atoms with Crippen LogP contribution in [0.25, 0.3) is 5.57 Å². The lowest BCUT2D eigenvalue weighted by Gasteiger charge is -2.21. The van der Waals surface area contributed by atoms with Gasteiger partial charge in [-0.15, -0.1) is 0 Å². The molecule has 0 fully saturated rings. The second-order valence-corrected chi connectivity index (χ2v) is 8.68. The average Bonchev–Trinajstić information content (AvgIpc) is 2.82. The number of aromatic nitrogens is 1. The van der Waals surface area contributed by atoms with Crippen LogP contribution in [-0.2, 0) is 19.4 Å². The van der Waals surface area contributed by atoms with Gasteiger partial charge in [0.2, 0.25) is 11.6 Å². The molecule has 2 heterocycles. The first-order valence-electron chi connectivity index (χ1n) is 8.19. The highest BCUT2D eigenvalue weighted by Crippen LogP contribution is 2.40. The number of hydrogen-bond acceptors (Lipinski definition) is 7. The quantitative estimate of drug-likeness (QED) is 0.704. The molecule has 0 amide bonds. The van der Waals surface area contributed by atoms with Crippen LogP contribution in [-0.4, -0.2) is 38.3 Å². The van der Waals surface area contributed by atoms with Gasteiger partial charge in [-0.3, -0.25) is 0 Å². The first-order valence-corrected chi connectivity index (χ1v) is 10.1. The number of benzene rings is 1. The summed E-state index contributed by atoms with van der Waals surface area (Å²) in [6.07, 6.45) is 2.32. The van der Waals surface area contributed by atoms with Crippen LogP contribution in [0, 0.1) is 5.82 Å². The van der Waals surface area contributed by atoms with E-state index in [0.29, 0.717) is 11.1 Å². The lowest BCUT2D eigenvalue weighted by molar-refractivity contribution is -0.145. The number of ether oxygens (including phenoxy) is 3. The molecule has 1 aliphatic heterocycles. The summed E-state index contributed by atoms with van der Waals surface area (Å²) in [5, 5.41) is 0. The minimum atomic E-state index is -3.36. The van der Waals surface area contributed by atoms with E-state index in [1.807, 2.05) is 0 Å². The standard InChI is InChI=1S/C19H18FNO6S/c1-19(2)15(11-5-7-13(8-6-11)28(4,23)24)16(18(22)27-19)26-12-9-14(20)17(25-3)21-10-12/h5-10H,1-4H3. The van der Waals surface area contributed by atoms with Crippen LogP contribution >= 0.6 is 0 Å². The number of carbonyl (C=O) groups is 1. The zero-order valence-electron chi connectivity index (χ0n) is 15.6. The highest BCUT2D eigenvalue weighted by Gasteiger charge is 2.43. The van der Waals surface area contributed by atoms with E-state index in [0.717, 1.165) is 12.3 Å². The van der Waals surface area contributed by atoms with E-state index in [1.165, 1.54) is 25.4 Å². The molecule has 0 atom stereocenters. The van der Waals surface area contributed by atoms with Crippen LogP contribution in [0.4, 0.5) is 4.39 Å². The zero-order valence-corrected chi connectivity index (χ0v) is 16.5. The molecule has 9 heteroatoms. The summed E-state index contributed by atoms with van der Waals surface area (Å²) in [6.45, 7) is 3.35. The Labute approximate surface area is 161 Å². The van der Waals surface area contributed by atoms with E-state index in [9.17, 15) is 17.6 Å². The Kier molecular flexibility index (Phi) is 4.88. The summed E-state index contributed by atoms with van der Waals surface area (Å²) in [4.78, 5) is 16.3. The molecule has 0 saturated carbocycles. The van der Waals surface area contributed by atoms with Crippen LogP contribution in [0.2, 0.25) is 0 Å². The minimum Gasteiger partial charge on any atom is -0.479 e. The fourth-order valence-electron chi connectivity index (χ4n) is 2.88. The van der Waals surface area contributed by atoms with Crippen LogP contribution in [0.5, 0.6) is 11.6 Å². The summed E-state index contributed by atoms with van der Waals surface area (Å²) in [5.41, 5.74) is -0.0775. The number of nitrogens with zero attached hydrogens (tertiary/aromatic N) is 1. The maximum absolute atomic E-state index is 13.9. The molecule has 0 unspecified atom stereocenters. The van der Waals surface area contributed by atoms with Gasteiger partial charge >= 0.3 is 5.97 Å². The Hall–Kier alpha value is -2.94. The zero-order chi connectivity index (χ0) is 20.7. The maximum Gasteiger partial charge on any atom is 0.375 e. The lowest BCUT2D eigenvalue weighted by atomic mass is 9.92. The lowest BCUT2D eigenvalue weighted by Crippen LogP contribution is -2.22. The summed E-state index contributed by atoms with van der Waals surface area (Å²) >= 11 is 0. The molecular formula is C19H18FNO6S. The third-order valence-electron chi connectivity index (χ3n) is 4.13. The van der Waals surface area contributed by atoms with Gasteiger partial charge in [0.25, 0.3) is 0 Å². The smallest absolute Gasteiger partial charge is 0.375 e. The molecular weight excluding hydrogens is 389 g/mol. The van der Waals surface area contributed by atoms with Gasteiger partial charge in [0, 0.05) is 12.3 Å². The summed E-state index contributed by atoms with van der Waals surface area (Å²) in [5.74, 6) is -1.79. The van der Waals surface area contributed by atoms with Crippen molar-refractivity contribution in [2.24, 2.45) is 0 Å². The van der Waals surface area contributed by atoms with Crippen molar-refractivity contribution in [1.82, 2.24) is 4.98 Å². The van der Waals surface area contributed by atoms with Crippen LogP contribution in [0.15, 0.2) is 47.2 Å². The molecule has 0 saturated heterocycles. The molecule has 0 spiro atoms. The molecule has 7 nitrogen and oxygen atoms in total. The van der Waals surface area contributed by atoms with Crippen molar-refractivity contribution in [2.75, 3.05) is 13.4 Å². The number of sulfone groups is 1. The van der Waals surface area contributed by atoms with Gasteiger partial charge in [-0.1, -0.05) is 12.1 Å². The number of cyclic esters (lactones) is 1. The molecule has 2 aromatic rings. The second kappa shape index (κ2) is 6.90. The molecule has 1 aromatic carbocycles. The van der Waals surface area contributed by atoms with Crippen molar-refractivity contribution >= 4 is 21.4 Å². The molecule has 0 aliphatic carbocycles. The number of hydrogen-bond donors (Lipinski definition) is 0. The number of halogens is 1. The first-order chi connectivity index (χ1) is 13.0. The van der Waals surface area contributed by atoms with Crippen molar-refractivity contribution in [2.45, 2.75) is 24.3 Å². The molecule has 28 heavy (non-hydrogen) atoms. The molecule has 0 bridgehead atoms. The second-order valence-electron chi connectivity index (χ2n) is 6.66. The molecule has 0 N–H and O–H groups in total. The number of rotatable bonds is 5. The van der Waals surface area contributed by atoms with Gasteiger partial charge in [0.15, 0.2) is 15.7 Å². The Bertz CT molecular complexity index is 1070. The van der Waals surface area contributed by atoms with Crippen molar-refractivity contribution in [3.8, 4) is 11.6 Å². The van der Waals surface area contributed by atoms with Crippen LogP contribution in [0.1, 0.15) is 19.4 Å². The first kappa shape index (κ1) is 19.8. The normalized spacial score (nSPS) is 16.1. The fourth-order valence-corrected chi connectivity index (χ4v) is 3.51. The highest BCUT2D eigenvalue weighted by molar-refractivity contribution is 7.90. The van der Waals surface area contributed by atoms with Crippen molar-refractivity contribution in [1.29, 1.82) is 0 Å². The van der Waals surface area contributed by atoms with Crippen molar-refractivity contribution in [3.63, 3.8) is 0 Å². The monoisotopic (exact) mass is 407 g/mol. The Morgan fingerprint density at radius 1 is 1.18 bits per heavy atom. The molecule has 0 radical (unpaired) electrons. The average molecular weight is 407 g/mol. The number of methoxy groups -OCH3 is 1. The van der Waals surface area contributed by atoms with Gasteiger partial charge in [-0.2, -0.15) is 0 Å². The van der Waals surface area contributed by atoms with E-state index in [4.69, 9.17) is 14.2 Å². The summed E-state index contributed by atoms with van der Waals surface area (Å²) in [7, 11) is -2.08. The van der Waals surface area contributed by atoms with Gasteiger partial charge in [-0.25, -0.2) is 22.6 Å². The predicted molar refractivity (Wildman–Crippen MR) is 98.0 cm³/mol. The number of pyridine rings is 1. The van der Waals surface area contributed by atoms with Gasteiger partial charge in [-0.05, 0) is 31.5 Å². The van der Waals surface area contributed by atoms with E-state index >= 15 is 0 Å². The number of carbonyl (C=O) groups excluding carboxylic acids is 1. The number of esters is 1. The Morgan fingerprint density at radius 3 is 2.36 bits per heavy atom. The third-order valence-corrected chi connectivity index (χ3v) is 5.26. The van der Waals surface area contributed by atoms with E-state index in [-0.39, 0.29) is 22.3 Å². The van der Waals surface area contributed by atoms with Gasteiger partial charge in [0.1, 0.15) is 11.4 Å². The Morgan fingerprint density at radius 2 is 1.82 bits per heavy atom. The van der Waals surface area contributed by atoms with Crippen LogP contribution in [0.3, 0.4) is 0 Å². The molecule has 148 valence electrons. The Balaban J connectivity index is 2.06. The maximum atomic E-state index is 13.9. The van der Waals surface area contributed by atoms with Crippen LogP contribution < -0.4 is 9.47 Å². The summed E-state index contributed by atoms with van der Waals surface area (Å²) in [6, 6.07) is 7.03.